The molecule has 10 nitrogen and oxygen atoms in total. The third-order valence-electron chi connectivity index (χ3n) is 8.10. The summed E-state index contributed by atoms with van der Waals surface area (Å²) in [5, 5.41) is 12.0. The second-order valence-corrected chi connectivity index (χ2v) is 11.5. The number of fused-ring (bicyclic) bond motifs is 1. The van der Waals surface area contributed by atoms with E-state index in [9.17, 15) is 14.0 Å². The minimum atomic E-state index is -0.767. The van der Waals surface area contributed by atoms with Gasteiger partial charge in [-0.25, -0.2) is 9.37 Å². The molecule has 2 amide bonds. The normalized spacial score (nSPS) is 20.0. The third kappa shape index (κ3) is 6.87. The molecule has 3 heterocycles. The number of H-pyrrole nitrogens is 1. The topological polar surface area (TPSA) is 128 Å². The lowest BCUT2D eigenvalue weighted by molar-refractivity contribution is -0.126. The molecule has 1 saturated heterocycles. The number of nitriles is 1. The molecule has 1 aromatic carbocycles. The molecular weight excluding hydrogens is 537 g/mol. The Kier molecular flexibility index (Phi) is 9.32. The first-order chi connectivity index (χ1) is 20.3. The summed E-state index contributed by atoms with van der Waals surface area (Å²) in [5.41, 5.74) is 1.72. The van der Waals surface area contributed by atoms with E-state index in [-0.39, 0.29) is 35.0 Å². The average Bonchev–Trinajstić information content (AvgIpc) is 3.34. The van der Waals surface area contributed by atoms with Crippen molar-refractivity contribution in [3.05, 3.63) is 53.0 Å². The molecule has 11 heteroatoms. The molecule has 0 bridgehead atoms. The number of hydrogen-bond donors (Lipinski definition) is 2. The maximum absolute atomic E-state index is 14.2. The van der Waals surface area contributed by atoms with Gasteiger partial charge in [-0.15, -0.1) is 0 Å². The molecule has 2 fully saturated rings. The van der Waals surface area contributed by atoms with Crippen LogP contribution in [0.25, 0.3) is 11.0 Å². The highest BCUT2D eigenvalue weighted by molar-refractivity contribution is 5.95. The van der Waals surface area contributed by atoms with Crippen LogP contribution in [0.5, 0.6) is 5.88 Å². The number of imidazole rings is 1. The number of ether oxygens (including phenoxy) is 1. The average molecular weight is 576 g/mol. The predicted molar refractivity (Wildman–Crippen MR) is 155 cm³/mol. The molecule has 0 spiro atoms. The number of likely N-dealkylation sites (tertiary alicyclic amines) is 1. The number of carbonyl (C=O) groups excluding carboxylic acids is 2. The zero-order valence-corrected chi connectivity index (χ0v) is 24.2. The lowest BCUT2D eigenvalue weighted by Crippen LogP contribution is -2.38. The van der Waals surface area contributed by atoms with Crippen LogP contribution in [0.15, 0.2) is 35.5 Å². The van der Waals surface area contributed by atoms with E-state index in [4.69, 9.17) is 10.00 Å². The lowest BCUT2D eigenvalue weighted by atomic mass is 9.85. The Morgan fingerprint density at radius 2 is 1.95 bits per heavy atom. The van der Waals surface area contributed by atoms with Crippen LogP contribution in [0.3, 0.4) is 0 Å². The summed E-state index contributed by atoms with van der Waals surface area (Å²) >= 11 is 0. The highest BCUT2D eigenvalue weighted by Gasteiger charge is 2.29. The van der Waals surface area contributed by atoms with E-state index in [2.05, 4.69) is 25.2 Å². The first kappa shape index (κ1) is 29.5. The van der Waals surface area contributed by atoms with Crippen molar-refractivity contribution in [2.75, 3.05) is 26.2 Å². The van der Waals surface area contributed by atoms with Crippen LogP contribution in [-0.4, -0.2) is 63.5 Å². The number of hydrogen-bond acceptors (Lipinski definition) is 6. The van der Waals surface area contributed by atoms with Crippen molar-refractivity contribution in [3.8, 4) is 11.9 Å². The van der Waals surface area contributed by atoms with Gasteiger partial charge < -0.3 is 19.6 Å². The summed E-state index contributed by atoms with van der Waals surface area (Å²) in [6.07, 6.45) is 8.26. The van der Waals surface area contributed by atoms with Gasteiger partial charge in [0.15, 0.2) is 0 Å². The fourth-order valence-electron chi connectivity index (χ4n) is 5.91. The maximum Gasteiger partial charge on any atom is 0.280 e. The Hall–Kier alpha value is -4.04. The molecule has 1 aliphatic carbocycles. The molecule has 2 aliphatic rings. The predicted octanol–water partition coefficient (Wildman–Crippen LogP) is 4.24. The number of pyridine rings is 1. The molecule has 1 aliphatic heterocycles. The van der Waals surface area contributed by atoms with Crippen LogP contribution in [0.1, 0.15) is 80.8 Å². The van der Waals surface area contributed by atoms with Crippen molar-refractivity contribution in [1.29, 1.82) is 5.26 Å². The number of piperidine rings is 1. The molecule has 0 unspecified atom stereocenters. The van der Waals surface area contributed by atoms with Crippen molar-refractivity contribution in [2.24, 2.45) is 10.9 Å². The summed E-state index contributed by atoms with van der Waals surface area (Å²) in [6, 6.07) is 7.40. The summed E-state index contributed by atoms with van der Waals surface area (Å²) < 4.78 is 22.3. The molecule has 42 heavy (non-hydrogen) atoms. The first-order valence-corrected chi connectivity index (χ1v) is 14.9. The van der Waals surface area contributed by atoms with Gasteiger partial charge in [-0.3, -0.25) is 14.5 Å². The number of benzene rings is 1. The second kappa shape index (κ2) is 13.3. The zero-order valence-electron chi connectivity index (χ0n) is 24.2. The number of carbonyl (C=O) groups is 2. The van der Waals surface area contributed by atoms with E-state index < -0.39 is 11.7 Å². The minimum Gasteiger partial charge on any atom is -0.476 e. The molecule has 2 N–H and O–H groups in total. The van der Waals surface area contributed by atoms with Crippen molar-refractivity contribution in [3.63, 3.8) is 0 Å². The van der Waals surface area contributed by atoms with E-state index in [1.807, 2.05) is 24.5 Å². The van der Waals surface area contributed by atoms with Crippen LogP contribution >= 0.6 is 0 Å². The number of halogens is 1. The van der Waals surface area contributed by atoms with Crippen LogP contribution in [0.2, 0.25) is 0 Å². The number of amides is 2. The smallest absolute Gasteiger partial charge is 0.280 e. The molecule has 3 aromatic rings. The molecule has 0 atom stereocenters. The number of nitrogens with zero attached hydrogens (tertiary/aromatic N) is 5. The maximum atomic E-state index is 14.2. The summed E-state index contributed by atoms with van der Waals surface area (Å²) in [6.45, 7) is 7.46. The minimum absolute atomic E-state index is 0.0188. The van der Waals surface area contributed by atoms with Gasteiger partial charge in [0.25, 0.3) is 5.91 Å². The van der Waals surface area contributed by atoms with Crippen LogP contribution in [0.4, 0.5) is 4.39 Å². The van der Waals surface area contributed by atoms with Crippen molar-refractivity contribution >= 4 is 22.8 Å². The highest BCUT2D eigenvalue weighted by Crippen LogP contribution is 2.34. The van der Waals surface area contributed by atoms with E-state index >= 15 is 0 Å². The molecule has 222 valence electrons. The lowest BCUT2D eigenvalue weighted by Gasteiger charge is -2.29. The quantitative estimate of drug-likeness (QED) is 0.414. The SMILES string of the molecule is CC(C)NC(=O)[C@H]1CC[C@@H](n2/c(=N/C(=O)c3ccc(C#N)c(F)c3)[nH]c3cnc(OCCN4CCCCC4)cc32)CC1. The number of nitrogens with one attached hydrogen (secondary N) is 2. The first-order valence-electron chi connectivity index (χ1n) is 14.9. The fourth-order valence-corrected chi connectivity index (χ4v) is 5.91. The van der Waals surface area contributed by atoms with Gasteiger partial charge in [-0.2, -0.15) is 10.3 Å². The van der Waals surface area contributed by atoms with Gasteiger partial charge in [0.1, 0.15) is 18.5 Å². The van der Waals surface area contributed by atoms with Gasteiger partial charge in [-0.1, -0.05) is 6.42 Å². The Morgan fingerprint density at radius 3 is 2.64 bits per heavy atom. The zero-order chi connectivity index (χ0) is 29.6. The molecule has 5 rings (SSSR count). The molecule has 0 radical (unpaired) electrons. The van der Waals surface area contributed by atoms with Gasteiger partial charge in [0, 0.05) is 36.2 Å². The largest absolute Gasteiger partial charge is 0.476 e. The van der Waals surface area contributed by atoms with Gasteiger partial charge in [-0.05, 0) is 83.7 Å². The van der Waals surface area contributed by atoms with E-state index in [1.54, 1.807) is 12.3 Å². The number of aromatic nitrogens is 3. The van der Waals surface area contributed by atoms with Crippen LogP contribution in [-0.2, 0) is 4.79 Å². The number of aromatic amines is 1. The highest BCUT2D eigenvalue weighted by atomic mass is 19.1. The van der Waals surface area contributed by atoms with Gasteiger partial charge >= 0.3 is 0 Å². The van der Waals surface area contributed by atoms with E-state index in [0.29, 0.717) is 36.5 Å². The van der Waals surface area contributed by atoms with E-state index in [0.717, 1.165) is 44.1 Å². The molecular formula is C31H38FN7O3. The third-order valence-corrected chi connectivity index (χ3v) is 8.10. The Morgan fingerprint density at radius 1 is 1.19 bits per heavy atom. The molecule has 2 aromatic heterocycles. The van der Waals surface area contributed by atoms with Crippen molar-refractivity contribution in [2.45, 2.75) is 70.9 Å². The van der Waals surface area contributed by atoms with Gasteiger partial charge in [0.05, 0.1) is 22.8 Å². The summed E-state index contributed by atoms with van der Waals surface area (Å²) in [7, 11) is 0. The summed E-state index contributed by atoms with van der Waals surface area (Å²) in [4.78, 5) is 40.2. The van der Waals surface area contributed by atoms with Crippen LogP contribution < -0.4 is 15.7 Å². The molecule has 1 saturated carbocycles. The Balaban J connectivity index is 1.43. The number of rotatable bonds is 8. The van der Waals surface area contributed by atoms with Crippen molar-refractivity contribution in [1.82, 2.24) is 24.8 Å². The Bertz CT molecular complexity index is 1540. The monoisotopic (exact) mass is 575 g/mol. The van der Waals surface area contributed by atoms with Crippen molar-refractivity contribution < 1.29 is 18.7 Å². The van der Waals surface area contributed by atoms with Crippen LogP contribution in [0, 0.1) is 23.1 Å². The van der Waals surface area contributed by atoms with Gasteiger partial charge in [0.2, 0.25) is 17.4 Å². The second-order valence-electron chi connectivity index (χ2n) is 11.5. The fraction of sp³-hybridized carbons (Fsp3) is 0.516. The van der Waals surface area contributed by atoms with E-state index in [1.165, 1.54) is 31.4 Å². The Labute approximate surface area is 244 Å². The standard InChI is InChI=1S/C31H38FN7O3/c1-20(2)35-29(40)21-8-10-24(11-9-21)39-27-17-28(42-15-14-38-12-4-3-5-13-38)34-19-26(27)36-31(39)37-30(41)22-6-7-23(18-33)25(32)16-22/h6-7,16-17,19-21,24H,3-5,8-15H2,1-2H3,(H,35,40)(H,36,37,41)/t21-,24+. The summed E-state index contributed by atoms with van der Waals surface area (Å²) in [5.74, 6) is -0.895.